The van der Waals surface area contributed by atoms with Gasteiger partial charge in [0.05, 0.1) is 11.0 Å². The lowest BCUT2D eigenvalue weighted by atomic mass is 10.0. The van der Waals surface area contributed by atoms with E-state index in [-0.39, 0.29) is 0 Å². The van der Waals surface area contributed by atoms with Crippen LogP contribution in [0.5, 0.6) is 0 Å². The number of hydrogen-bond donors (Lipinski definition) is 1. The van der Waals surface area contributed by atoms with Crippen molar-refractivity contribution in [2.75, 3.05) is 0 Å². The summed E-state index contributed by atoms with van der Waals surface area (Å²) in [7, 11) is 0. The summed E-state index contributed by atoms with van der Waals surface area (Å²) in [5.74, 6) is 1.81. The van der Waals surface area contributed by atoms with Crippen LogP contribution in [0.15, 0.2) is 164 Å². The number of para-hydroxylation sites is 2. The van der Waals surface area contributed by atoms with Crippen molar-refractivity contribution in [1.29, 1.82) is 0 Å². The van der Waals surface area contributed by atoms with Crippen molar-refractivity contribution in [3.8, 4) is 51.0 Å². The average molecular weight is 641 g/mol. The van der Waals surface area contributed by atoms with Gasteiger partial charge in [-0.05, 0) is 71.8 Å². The molecule has 0 radical (unpaired) electrons. The number of benzene rings is 6. The maximum atomic E-state index is 4.97. The third-order valence-corrected chi connectivity index (χ3v) is 9.46. The molecule has 0 aliphatic rings. The van der Waals surface area contributed by atoms with Gasteiger partial charge in [0.2, 0.25) is 0 Å². The van der Waals surface area contributed by atoms with Gasteiger partial charge in [-0.25, -0.2) is 15.0 Å². The van der Waals surface area contributed by atoms with Crippen LogP contribution in [0.3, 0.4) is 0 Å². The molecule has 4 aromatic heterocycles. The van der Waals surface area contributed by atoms with Crippen molar-refractivity contribution < 1.29 is 0 Å². The first-order chi connectivity index (χ1) is 24.8. The number of aromatic amines is 1. The minimum absolute atomic E-state index is 0.586. The van der Waals surface area contributed by atoms with Crippen LogP contribution in [0.1, 0.15) is 0 Å². The monoisotopic (exact) mass is 640 g/mol. The second kappa shape index (κ2) is 11.4. The predicted octanol–water partition coefficient (Wildman–Crippen LogP) is 10.7. The summed E-state index contributed by atoms with van der Waals surface area (Å²) >= 11 is 0. The smallest absolute Gasteiger partial charge is 0.165 e. The topological polar surface area (TPSA) is 72.3 Å². The van der Waals surface area contributed by atoms with Gasteiger partial charge < -0.3 is 9.55 Å². The zero-order chi connectivity index (χ0) is 33.0. The zero-order valence-corrected chi connectivity index (χ0v) is 26.8. The number of nitrogens with one attached hydrogen (secondary N) is 1. The molecule has 0 aliphatic carbocycles. The van der Waals surface area contributed by atoms with E-state index in [1.807, 2.05) is 42.5 Å². The highest BCUT2D eigenvalue weighted by Crippen LogP contribution is 2.37. The summed E-state index contributed by atoms with van der Waals surface area (Å²) in [6.45, 7) is 0. The first kappa shape index (κ1) is 28.1. The van der Waals surface area contributed by atoms with Crippen molar-refractivity contribution in [1.82, 2.24) is 29.5 Å². The van der Waals surface area contributed by atoms with E-state index in [4.69, 9.17) is 15.0 Å². The number of rotatable bonds is 5. The van der Waals surface area contributed by atoms with Gasteiger partial charge in [-0.2, -0.15) is 0 Å². The van der Waals surface area contributed by atoms with Crippen LogP contribution in [-0.2, 0) is 0 Å². The van der Waals surface area contributed by atoms with E-state index < -0.39 is 0 Å². The third-order valence-electron chi connectivity index (χ3n) is 9.46. The highest BCUT2D eigenvalue weighted by molar-refractivity contribution is 6.12. The minimum Gasteiger partial charge on any atom is -0.355 e. The molecule has 0 saturated carbocycles. The normalized spacial score (nSPS) is 11.6. The molecule has 1 N–H and O–H groups in total. The maximum absolute atomic E-state index is 4.97. The lowest BCUT2D eigenvalue weighted by Gasteiger charge is -2.11. The number of aromatic nitrogens is 6. The quantitative estimate of drug-likeness (QED) is 0.203. The van der Waals surface area contributed by atoms with E-state index in [1.54, 1.807) is 12.4 Å². The van der Waals surface area contributed by atoms with E-state index in [0.29, 0.717) is 17.5 Å². The molecule has 0 aliphatic heterocycles. The Kier molecular flexibility index (Phi) is 6.39. The summed E-state index contributed by atoms with van der Waals surface area (Å²) in [4.78, 5) is 22.6. The molecule has 0 unspecified atom stereocenters. The van der Waals surface area contributed by atoms with Gasteiger partial charge in [-0.15, -0.1) is 0 Å². The van der Waals surface area contributed by atoms with E-state index in [9.17, 15) is 0 Å². The Labute approximate surface area is 287 Å². The fourth-order valence-electron chi connectivity index (χ4n) is 7.09. The van der Waals surface area contributed by atoms with Gasteiger partial charge in [0.15, 0.2) is 17.5 Å². The molecular weight excluding hydrogens is 613 g/mol. The third kappa shape index (κ3) is 4.65. The molecule has 0 amide bonds. The van der Waals surface area contributed by atoms with Gasteiger partial charge in [0.1, 0.15) is 0 Å². The average Bonchev–Trinajstić information content (AvgIpc) is 3.73. The van der Waals surface area contributed by atoms with Crippen LogP contribution >= 0.6 is 0 Å². The SMILES string of the molecule is c1ccc(-c2nc(-c3cccnc3)nc(-c3cccc(-n4c5ccccc5c5cc(-c6ccc7[nH]c8ccccc8c7c6)ccc54)c3)n2)cc1. The second-order valence-corrected chi connectivity index (χ2v) is 12.5. The molecule has 0 saturated heterocycles. The van der Waals surface area contributed by atoms with Crippen molar-refractivity contribution in [3.63, 3.8) is 0 Å². The Morgan fingerprint density at radius 1 is 0.400 bits per heavy atom. The molecule has 0 spiro atoms. The highest BCUT2D eigenvalue weighted by Gasteiger charge is 2.17. The van der Waals surface area contributed by atoms with Crippen molar-refractivity contribution in [2.45, 2.75) is 0 Å². The number of H-pyrrole nitrogens is 1. The molecule has 6 heteroatoms. The number of pyridine rings is 1. The summed E-state index contributed by atoms with van der Waals surface area (Å²) in [5, 5.41) is 4.88. The fraction of sp³-hybridized carbons (Fsp3) is 0. The molecule has 50 heavy (non-hydrogen) atoms. The summed E-state index contributed by atoms with van der Waals surface area (Å²) in [6.07, 6.45) is 3.54. The molecule has 0 atom stereocenters. The molecule has 0 fully saturated rings. The van der Waals surface area contributed by atoms with Crippen LogP contribution in [0.2, 0.25) is 0 Å². The van der Waals surface area contributed by atoms with Gasteiger partial charge in [-0.3, -0.25) is 4.98 Å². The summed E-state index contributed by atoms with van der Waals surface area (Å²) < 4.78 is 2.34. The van der Waals surface area contributed by atoms with Crippen LogP contribution in [-0.4, -0.2) is 29.5 Å². The molecule has 234 valence electrons. The molecule has 6 nitrogen and oxygen atoms in total. The molecule has 6 aromatic carbocycles. The second-order valence-electron chi connectivity index (χ2n) is 12.5. The maximum Gasteiger partial charge on any atom is 0.165 e. The van der Waals surface area contributed by atoms with E-state index in [1.165, 1.54) is 32.7 Å². The largest absolute Gasteiger partial charge is 0.355 e. The molecule has 10 rings (SSSR count). The first-order valence-corrected chi connectivity index (χ1v) is 16.6. The Bertz CT molecular complexity index is 2810. The zero-order valence-electron chi connectivity index (χ0n) is 26.8. The van der Waals surface area contributed by atoms with Crippen LogP contribution in [0.25, 0.3) is 94.6 Å². The Morgan fingerprint density at radius 2 is 1.04 bits per heavy atom. The Morgan fingerprint density at radius 3 is 1.88 bits per heavy atom. The Balaban J connectivity index is 1.12. The highest BCUT2D eigenvalue weighted by atomic mass is 15.0. The lowest BCUT2D eigenvalue weighted by molar-refractivity contribution is 1.07. The van der Waals surface area contributed by atoms with Gasteiger partial charge in [0, 0.05) is 67.3 Å². The number of fused-ring (bicyclic) bond motifs is 6. The number of hydrogen-bond acceptors (Lipinski definition) is 4. The summed E-state index contributed by atoms with van der Waals surface area (Å²) in [5.41, 5.74) is 10.7. The van der Waals surface area contributed by atoms with Crippen molar-refractivity contribution >= 4 is 43.6 Å². The number of nitrogens with zero attached hydrogens (tertiary/aromatic N) is 5. The van der Waals surface area contributed by atoms with Gasteiger partial charge >= 0.3 is 0 Å². The van der Waals surface area contributed by atoms with E-state index >= 15 is 0 Å². The van der Waals surface area contributed by atoms with Gasteiger partial charge in [-0.1, -0.05) is 91.0 Å². The first-order valence-electron chi connectivity index (χ1n) is 16.6. The fourth-order valence-corrected chi connectivity index (χ4v) is 7.09. The lowest BCUT2D eigenvalue weighted by Crippen LogP contribution is -2.01. The molecule has 4 heterocycles. The standard InChI is InChI=1S/C44H28N6/c1-2-10-28(11-3-1)42-47-43(49-44(48-42)32-13-9-23-45-27-32)31-12-8-14-33(24-31)50-40-18-7-5-16-35(40)37-26-30(20-22-41(37)50)29-19-21-39-36(25-29)34-15-4-6-17-38(34)46-39/h1-27,46H. The predicted molar refractivity (Wildman–Crippen MR) is 203 cm³/mol. The molecule has 10 aromatic rings. The molecule has 0 bridgehead atoms. The van der Waals surface area contributed by atoms with E-state index in [2.05, 4.69) is 124 Å². The van der Waals surface area contributed by atoms with Crippen LogP contribution < -0.4 is 0 Å². The van der Waals surface area contributed by atoms with E-state index in [0.717, 1.165) is 44.4 Å². The minimum atomic E-state index is 0.586. The van der Waals surface area contributed by atoms with Crippen molar-refractivity contribution in [2.24, 2.45) is 0 Å². The van der Waals surface area contributed by atoms with Crippen molar-refractivity contribution in [3.05, 3.63) is 164 Å². The van der Waals surface area contributed by atoms with Crippen LogP contribution in [0, 0.1) is 0 Å². The Hall–Kier alpha value is -6.92. The van der Waals surface area contributed by atoms with Gasteiger partial charge in [0.25, 0.3) is 0 Å². The molecular formula is C44H28N6. The summed E-state index contributed by atoms with van der Waals surface area (Å²) in [6, 6.07) is 53.0. The van der Waals surface area contributed by atoms with Crippen LogP contribution in [0.4, 0.5) is 0 Å².